The average Bonchev–Trinajstić information content (AvgIpc) is 3.06. The van der Waals surface area contributed by atoms with E-state index in [0.29, 0.717) is 11.3 Å². The second kappa shape index (κ2) is 10.4. The number of aromatic hydroxyl groups is 1. The number of aromatic nitrogens is 1. The molecule has 0 atom stereocenters. The Hall–Kier alpha value is -3.91. The van der Waals surface area contributed by atoms with Crippen LogP contribution in [0.4, 0.5) is 17.2 Å². The zero-order chi connectivity index (χ0) is 24.1. The average molecular weight is 460 g/mol. The smallest absolute Gasteiger partial charge is 0.257 e. The number of hydrogen-bond acceptors (Lipinski definition) is 6. The molecular weight excluding hydrogens is 430 g/mol. The van der Waals surface area contributed by atoms with Crippen molar-refractivity contribution in [2.24, 2.45) is 0 Å². The second-order valence-electron chi connectivity index (χ2n) is 8.52. The third-order valence-corrected chi connectivity index (χ3v) is 5.89. The molecule has 0 unspecified atom stereocenters. The molecule has 4 rings (SSSR count). The summed E-state index contributed by atoms with van der Waals surface area (Å²) in [5, 5.41) is 15.9. The predicted octanol–water partition coefficient (Wildman–Crippen LogP) is 3.74. The van der Waals surface area contributed by atoms with Crippen molar-refractivity contribution < 1.29 is 14.7 Å². The minimum Gasteiger partial charge on any atom is -0.506 e. The molecule has 3 aromatic rings. The molecule has 1 aliphatic rings. The summed E-state index contributed by atoms with van der Waals surface area (Å²) in [7, 11) is 2.11. The number of phenols is 1. The van der Waals surface area contributed by atoms with Gasteiger partial charge in [-0.05, 0) is 63.3 Å². The third kappa shape index (κ3) is 5.52. The van der Waals surface area contributed by atoms with Crippen molar-refractivity contribution in [1.29, 1.82) is 0 Å². The van der Waals surface area contributed by atoms with Crippen LogP contribution < -0.4 is 15.5 Å². The van der Waals surface area contributed by atoms with Gasteiger partial charge in [0, 0.05) is 31.5 Å². The van der Waals surface area contributed by atoms with E-state index in [1.807, 2.05) is 25.1 Å². The van der Waals surface area contributed by atoms with Crippen LogP contribution >= 0.6 is 0 Å². The van der Waals surface area contributed by atoms with Crippen LogP contribution in [0.15, 0.2) is 60.8 Å². The highest BCUT2D eigenvalue weighted by Gasteiger charge is 2.19. The van der Waals surface area contributed by atoms with Gasteiger partial charge >= 0.3 is 0 Å². The molecule has 0 spiro atoms. The second-order valence-corrected chi connectivity index (χ2v) is 8.52. The zero-order valence-corrected chi connectivity index (χ0v) is 19.4. The number of carbonyl (C=O) groups is 2. The van der Waals surface area contributed by atoms with Crippen LogP contribution in [0.25, 0.3) is 0 Å². The largest absolute Gasteiger partial charge is 0.506 e. The summed E-state index contributed by atoms with van der Waals surface area (Å²) in [5.74, 6) is -0.258. The molecule has 0 saturated carbocycles. The van der Waals surface area contributed by atoms with E-state index < -0.39 is 11.8 Å². The Balaban J connectivity index is 1.48. The van der Waals surface area contributed by atoms with Gasteiger partial charge in [0.25, 0.3) is 11.8 Å². The number of para-hydroxylation sites is 1. The highest BCUT2D eigenvalue weighted by Crippen LogP contribution is 2.29. The Morgan fingerprint density at radius 2 is 1.71 bits per heavy atom. The van der Waals surface area contributed by atoms with Crippen LogP contribution in [0.5, 0.6) is 5.75 Å². The Bertz CT molecular complexity index is 1160. The number of amides is 2. The number of aryl methyl sites for hydroxylation is 1. The van der Waals surface area contributed by atoms with E-state index >= 15 is 0 Å². The maximum absolute atomic E-state index is 12.9. The molecule has 8 nitrogen and oxygen atoms in total. The van der Waals surface area contributed by atoms with Crippen molar-refractivity contribution in [3.8, 4) is 5.75 Å². The number of pyridine rings is 1. The van der Waals surface area contributed by atoms with Crippen molar-refractivity contribution >= 4 is 29.0 Å². The van der Waals surface area contributed by atoms with E-state index in [4.69, 9.17) is 0 Å². The first-order chi connectivity index (χ1) is 16.4. The van der Waals surface area contributed by atoms with Crippen molar-refractivity contribution in [2.75, 3.05) is 48.8 Å². The van der Waals surface area contributed by atoms with E-state index in [9.17, 15) is 14.7 Å². The lowest BCUT2D eigenvalue weighted by atomic mass is 10.1. The molecule has 1 aromatic heterocycles. The Kier molecular flexibility index (Phi) is 7.08. The van der Waals surface area contributed by atoms with Gasteiger partial charge in [-0.25, -0.2) is 4.98 Å². The molecule has 1 fully saturated rings. The summed E-state index contributed by atoms with van der Waals surface area (Å²) in [4.78, 5) is 34.8. The van der Waals surface area contributed by atoms with Crippen LogP contribution in [0.1, 0.15) is 32.7 Å². The molecule has 1 saturated heterocycles. The van der Waals surface area contributed by atoms with Crippen LogP contribution in [0, 0.1) is 6.92 Å². The number of carbonyl (C=O) groups excluding carboxylic acids is 2. The first-order valence-corrected chi connectivity index (χ1v) is 11.3. The fourth-order valence-electron chi connectivity index (χ4n) is 3.86. The highest BCUT2D eigenvalue weighted by molar-refractivity contribution is 6.13. The maximum atomic E-state index is 12.9. The van der Waals surface area contributed by atoms with Gasteiger partial charge in [0.15, 0.2) is 0 Å². The Morgan fingerprint density at radius 1 is 0.912 bits per heavy atom. The number of benzene rings is 2. The quantitative estimate of drug-likeness (QED) is 0.503. The molecule has 0 bridgehead atoms. The summed E-state index contributed by atoms with van der Waals surface area (Å²) in [5.41, 5.74) is 2.24. The number of anilines is 3. The highest BCUT2D eigenvalue weighted by atomic mass is 16.3. The summed E-state index contributed by atoms with van der Waals surface area (Å²) < 4.78 is 0. The van der Waals surface area contributed by atoms with Gasteiger partial charge in [0.1, 0.15) is 11.6 Å². The third-order valence-electron chi connectivity index (χ3n) is 5.89. The molecule has 1 aliphatic heterocycles. The number of likely N-dealkylation sites (N-methyl/N-ethyl adjacent to an activating group) is 1. The number of phenolic OH excluding ortho intramolecular Hbond substituents is 1. The normalized spacial score (nSPS) is 14.4. The molecule has 8 heteroatoms. The van der Waals surface area contributed by atoms with Gasteiger partial charge in [-0.2, -0.15) is 0 Å². The molecule has 34 heavy (non-hydrogen) atoms. The van der Waals surface area contributed by atoms with Gasteiger partial charge in [0.2, 0.25) is 0 Å². The lowest BCUT2D eigenvalue weighted by Crippen LogP contribution is -2.29. The summed E-state index contributed by atoms with van der Waals surface area (Å²) >= 11 is 0. The SMILES string of the molecule is Cc1ccc(NC(=O)c2cccc(O)c2NC(=O)c2ccc(N3CCCN(C)CC3)nc2)cc1. The number of nitrogens with one attached hydrogen (secondary N) is 2. The van der Waals surface area contributed by atoms with Crippen molar-refractivity contribution in [3.63, 3.8) is 0 Å². The fourth-order valence-corrected chi connectivity index (χ4v) is 3.86. The standard InChI is InChI=1S/C26H29N5O3/c1-18-7-10-20(11-8-18)28-26(34)21-5-3-6-22(32)24(21)29-25(33)19-9-12-23(27-17-19)31-14-4-13-30(2)15-16-31/h3,5-12,17,32H,4,13-16H2,1-2H3,(H,28,34)(H,29,33). The molecule has 176 valence electrons. The molecule has 3 N–H and O–H groups in total. The van der Waals surface area contributed by atoms with Gasteiger partial charge in [-0.15, -0.1) is 0 Å². The van der Waals surface area contributed by atoms with E-state index in [1.165, 1.54) is 12.3 Å². The maximum Gasteiger partial charge on any atom is 0.257 e. The van der Waals surface area contributed by atoms with Gasteiger partial charge in [-0.3, -0.25) is 9.59 Å². The van der Waals surface area contributed by atoms with Crippen molar-refractivity contribution in [2.45, 2.75) is 13.3 Å². The van der Waals surface area contributed by atoms with Crippen LogP contribution in [-0.4, -0.2) is 60.0 Å². The summed E-state index contributed by atoms with van der Waals surface area (Å²) in [6.07, 6.45) is 2.58. The number of nitrogens with zero attached hydrogens (tertiary/aromatic N) is 3. The van der Waals surface area contributed by atoms with E-state index in [-0.39, 0.29) is 17.0 Å². The van der Waals surface area contributed by atoms with Crippen molar-refractivity contribution in [3.05, 3.63) is 77.5 Å². The van der Waals surface area contributed by atoms with E-state index in [1.54, 1.807) is 30.3 Å². The van der Waals surface area contributed by atoms with Gasteiger partial charge in [-0.1, -0.05) is 23.8 Å². The number of hydrogen-bond donors (Lipinski definition) is 3. The fraction of sp³-hybridized carbons (Fsp3) is 0.269. The Labute approximate surface area is 199 Å². The molecule has 0 aliphatic carbocycles. The first-order valence-electron chi connectivity index (χ1n) is 11.3. The molecule has 2 heterocycles. The Morgan fingerprint density at radius 3 is 2.44 bits per heavy atom. The van der Waals surface area contributed by atoms with Gasteiger partial charge < -0.3 is 25.5 Å². The lowest BCUT2D eigenvalue weighted by molar-refractivity contribution is 0.102. The molecule has 2 aromatic carbocycles. The van der Waals surface area contributed by atoms with E-state index in [2.05, 4.69) is 32.5 Å². The summed E-state index contributed by atoms with van der Waals surface area (Å²) in [6, 6.07) is 15.4. The van der Waals surface area contributed by atoms with Crippen LogP contribution in [0.3, 0.4) is 0 Å². The molecular formula is C26H29N5O3. The molecule has 2 amide bonds. The topological polar surface area (TPSA) is 97.8 Å². The predicted molar refractivity (Wildman–Crippen MR) is 134 cm³/mol. The minimum absolute atomic E-state index is 0.0525. The summed E-state index contributed by atoms with van der Waals surface area (Å²) in [6.45, 7) is 5.77. The first kappa shape index (κ1) is 23.3. The van der Waals surface area contributed by atoms with E-state index in [0.717, 1.165) is 44.0 Å². The van der Waals surface area contributed by atoms with Gasteiger partial charge in [0.05, 0.1) is 16.8 Å². The minimum atomic E-state index is -0.458. The lowest BCUT2D eigenvalue weighted by Gasteiger charge is -2.21. The molecule has 0 radical (unpaired) electrons. The number of rotatable bonds is 5. The monoisotopic (exact) mass is 459 g/mol. The van der Waals surface area contributed by atoms with Crippen molar-refractivity contribution in [1.82, 2.24) is 9.88 Å². The zero-order valence-electron chi connectivity index (χ0n) is 19.4. The van der Waals surface area contributed by atoms with Crippen LogP contribution in [0.2, 0.25) is 0 Å². The van der Waals surface area contributed by atoms with Crippen LogP contribution in [-0.2, 0) is 0 Å².